The maximum absolute atomic E-state index is 13.1. The molecule has 9 nitrogen and oxygen atoms in total. The first-order valence-corrected chi connectivity index (χ1v) is 11.6. The van der Waals surface area contributed by atoms with E-state index in [1.807, 2.05) is 44.0 Å². The first-order valence-electron chi connectivity index (χ1n) is 11.6. The van der Waals surface area contributed by atoms with Gasteiger partial charge in [0.05, 0.1) is 36.8 Å². The van der Waals surface area contributed by atoms with Crippen molar-refractivity contribution in [3.8, 4) is 0 Å². The van der Waals surface area contributed by atoms with Gasteiger partial charge in [-0.1, -0.05) is 11.5 Å². The van der Waals surface area contributed by atoms with Crippen LogP contribution >= 0.6 is 0 Å². The molecular weight excluding hydrogens is 408 g/mol. The van der Waals surface area contributed by atoms with Crippen molar-refractivity contribution in [3.63, 3.8) is 0 Å². The lowest BCUT2D eigenvalue weighted by Crippen LogP contribution is -2.53. The summed E-state index contributed by atoms with van der Waals surface area (Å²) in [6, 6.07) is 4.07. The smallest absolute Gasteiger partial charge is 0.410 e. The lowest BCUT2D eigenvalue weighted by molar-refractivity contribution is -0.0585. The molecule has 3 heterocycles. The van der Waals surface area contributed by atoms with Gasteiger partial charge in [-0.2, -0.15) is 0 Å². The number of rotatable bonds is 6. The third kappa shape index (κ3) is 4.94. The van der Waals surface area contributed by atoms with E-state index in [2.05, 4.69) is 19.9 Å². The molecule has 1 aromatic heterocycles. The SMILES string of the molecule is CC(C)(C)OC(=O)N(CC1CCC1)[C@@H]1CCCN(c2ccc(C3(N=[N+]=[N-])COC3)nc2)C1. The second kappa shape index (κ2) is 9.16. The van der Waals surface area contributed by atoms with E-state index in [1.165, 1.54) is 19.3 Å². The Morgan fingerprint density at radius 1 is 1.34 bits per heavy atom. The van der Waals surface area contributed by atoms with Crippen LogP contribution in [-0.2, 0) is 15.0 Å². The molecule has 0 spiro atoms. The predicted molar refractivity (Wildman–Crippen MR) is 121 cm³/mol. The van der Waals surface area contributed by atoms with Crippen LogP contribution in [-0.4, -0.2) is 60.5 Å². The highest BCUT2D eigenvalue weighted by Crippen LogP contribution is 2.34. The Bertz CT molecular complexity index is 853. The number of carbonyl (C=O) groups is 1. The number of pyridine rings is 1. The number of carbonyl (C=O) groups excluding carboxylic acids is 1. The highest BCUT2D eigenvalue weighted by molar-refractivity contribution is 5.69. The topological polar surface area (TPSA) is 104 Å². The molecule has 2 saturated heterocycles. The maximum atomic E-state index is 13.1. The number of piperidine rings is 1. The Morgan fingerprint density at radius 3 is 2.66 bits per heavy atom. The zero-order chi connectivity index (χ0) is 22.8. The fourth-order valence-electron chi connectivity index (χ4n) is 4.58. The van der Waals surface area contributed by atoms with E-state index in [4.69, 9.17) is 15.0 Å². The van der Waals surface area contributed by atoms with Crippen molar-refractivity contribution in [2.45, 2.75) is 70.1 Å². The zero-order valence-corrected chi connectivity index (χ0v) is 19.4. The van der Waals surface area contributed by atoms with Gasteiger partial charge in [-0.25, -0.2) is 4.79 Å². The van der Waals surface area contributed by atoms with Gasteiger partial charge in [0, 0.05) is 24.5 Å². The molecule has 1 atom stereocenters. The first-order chi connectivity index (χ1) is 15.3. The van der Waals surface area contributed by atoms with Crippen LogP contribution in [0.4, 0.5) is 10.5 Å². The van der Waals surface area contributed by atoms with Crippen LogP contribution in [0.25, 0.3) is 10.4 Å². The van der Waals surface area contributed by atoms with Crippen LogP contribution in [0.1, 0.15) is 58.6 Å². The van der Waals surface area contributed by atoms with Crippen LogP contribution in [0.15, 0.2) is 23.4 Å². The third-order valence-corrected chi connectivity index (χ3v) is 6.65. The number of nitrogens with zero attached hydrogens (tertiary/aromatic N) is 6. The standard InChI is InChI=1S/C23H34N6O3/c1-22(2,3)32-21(30)29(13-17-6-4-7-17)19-8-5-11-28(14-19)18-9-10-20(25-12-18)23(26-27-24)15-31-16-23/h9-10,12,17,19H,4-8,11,13-16H2,1-3H3/t19-/m1/s1. The van der Waals surface area contributed by atoms with Crippen LogP contribution in [0.2, 0.25) is 0 Å². The summed E-state index contributed by atoms with van der Waals surface area (Å²) < 4.78 is 11.0. The van der Waals surface area contributed by atoms with Gasteiger partial charge < -0.3 is 19.3 Å². The molecule has 32 heavy (non-hydrogen) atoms. The third-order valence-electron chi connectivity index (χ3n) is 6.65. The Kier molecular flexibility index (Phi) is 6.49. The number of hydrogen-bond donors (Lipinski definition) is 0. The fraction of sp³-hybridized carbons (Fsp3) is 0.739. The van der Waals surface area contributed by atoms with Crippen LogP contribution in [0.3, 0.4) is 0 Å². The molecule has 0 unspecified atom stereocenters. The number of hydrogen-bond acceptors (Lipinski definition) is 6. The van der Waals surface area contributed by atoms with Crippen molar-refractivity contribution >= 4 is 11.8 Å². The number of azide groups is 1. The van der Waals surface area contributed by atoms with E-state index in [1.54, 1.807) is 0 Å². The largest absolute Gasteiger partial charge is 0.444 e. The molecular formula is C23H34N6O3. The Labute approximate surface area is 189 Å². The molecule has 1 amide bonds. The minimum Gasteiger partial charge on any atom is -0.444 e. The second-order valence-electron chi connectivity index (χ2n) is 10.3. The van der Waals surface area contributed by atoms with Crippen LogP contribution in [0.5, 0.6) is 0 Å². The molecule has 3 fully saturated rings. The fourth-order valence-corrected chi connectivity index (χ4v) is 4.58. The van der Waals surface area contributed by atoms with Crippen molar-refractivity contribution in [1.29, 1.82) is 0 Å². The first kappa shape index (κ1) is 22.7. The van der Waals surface area contributed by atoms with Crippen LogP contribution in [0, 0.1) is 5.92 Å². The number of anilines is 1. The molecule has 2 aliphatic heterocycles. The minimum absolute atomic E-state index is 0.119. The summed E-state index contributed by atoms with van der Waals surface area (Å²) in [5.74, 6) is 0.584. The maximum Gasteiger partial charge on any atom is 0.410 e. The summed E-state index contributed by atoms with van der Waals surface area (Å²) in [6.45, 7) is 8.95. The molecule has 9 heteroatoms. The summed E-state index contributed by atoms with van der Waals surface area (Å²) in [5.41, 5.74) is 9.45. The van der Waals surface area contributed by atoms with E-state index in [-0.39, 0.29) is 12.1 Å². The number of aromatic nitrogens is 1. The Balaban J connectivity index is 1.47. The van der Waals surface area contributed by atoms with Gasteiger partial charge >= 0.3 is 6.09 Å². The van der Waals surface area contributed by atoms with Gasteiger partial charge in [0.2, 0.25) is 0 Å². The molecule has 4 rings (SSSR count). The van der Waals surface area contributed by atoms with Crippen molar-refractivity contribution in [2.75, 3.05) is 37.7 Å². The van der Waals surface area contributed by atoms with E-state index in [9.17, 15) is 4.79 Å². The summed E-state index contributed by atoms with van der Waals surface area (Å²) in [5, 5.41) is 3.92. The minimum atomic E-state index is -0.687. The summed E-state index contributed by atoms with van der Waals surface area (Å²) in [4.78, 5) is 24.9. The summed E-state index contributed by atoms with van der Waals surface area (Å²) in [6.07, 6.45) is 7.26. The molecule has 1 aromatic rings. The zero-order valence-electron chi connectivity index (χ0n) is 19.4. The van der Waals surface area contributed by atoms with Gasteiger partial charge in [-0.15, -0.1) is 0 Å². The lowest BCUT2D eigenvalue weighted by atomic mass is 9.84. The molecule has 1 saturated carbocycles. The molecule has 1 aliphatic carbocycles. The van der Waals surface area contributed by atoms with Gasteiger partial charge in [-0.3, -0.25) is 4.98 Å². The van der Waals surface area contributed by atoms with E-state index < -0.39 is 11.1 Å². The molecule has 0 N–H and O–H groups in total. The Hall–Kier alpha value is -2.51. The lowest BCUT2D eigenvalue weighted by Gasteiger charge is -2.43. The molecule has 3 aliphatic rings. The average molecular weight is 443 g/mol. The second-order valence-corrected chi connectivity index (χ2v) is 10.3. The molecule has 174 valence electrons. The van der Waals surface area contributed by atoms with Crippen molar-refractivity contribution in [1.82, 2.24) is 9.88 Å². The quantitative estimate of drug-likeness (QED) is 0.363. The van der Waals surface area contributed by atoms with Crippen molar-refractivity contribution in [3.05, 3.63) is 34.5 Å². The van der Waals surface area contributed by atoms with Crippen molar-refractivity contribution in [2.24, 2.45) is 11.0 Å². The average Bonchev–Trinajstić information content (AvgIpc) is 2.69. The molecule has 0 bridgehead atoms. The highest BCUT2D eigenvalue weighted by atomic mass is 16.6. The number of ether oxygens (including phenoxy) is 2. The van der Waals surface area contributed by atoms with E-state index >= 15 is 0 Å². The summed E-state index contributed by atoms with van der Waals surface area (Å²) in [7, 11) is 0. The normalized spacial score (nSPS) is 22.8. The van der Waals surface area contributed by atoms with Gasteiger partial charge in [0.1, 0.15) is 11.1 Å². The Morgan fingerprint density at radius 2 is 2.12 bits per heavy atom. The van der Waals surface area contributed by atoms with Crippen LogP contribution < -0.4 is 4.90 Å². The predicted octanol–water partition coefficient (Wildman–Crippen LogP) is 4.62. The van der Waals surface area contributed by atoms with E-state index in [0.29, 0.717) is 19.1 Å². The molecule has 0 radical (unpaired) electrons. The highest BCUT2D eigenvalue weighted by Gasteiger charge is 2.41. The van der Waals surface area contributed by atoms with Gasteiger partial charge in [-0.05, 0) is 70.0 Å². The number of amides is 1. The monoisotopic (exact) mass is 442 g/mol. The van der Waals surface area contributed by atoms with E-state index in [0.717, 1.165) is 43.9 Å². The van der Waals surface area contributed by atoms with Gasteiger partial charge in [0.15, 0.2) is 0 Å². The summed E-state index contributed by atoms with van der Waals surface area (Å²) >= 11 is 0. The van der Waals surface area contributed by atoms with Crippen molar-refractivity contribution < 1.29 is 14.3 Å². The van der Waals surface area contributed by atoms with Gasteiger partial charge in [0.25, 0.3) is 0 Å². The molecule has 0 aromatic carbocycles.